The molecule has 0 fully saturated rings. The standard InChI is InChI=1S/C15H15N3O5S/c1-17(24(22,23)14-5-3-2-4-6-14)11-15(19)16-12-7-9-13(10-8-12)18(20)21/h2-10H,11H2,1H3,(H,16,19). The topological polar surface area (TPSA) is 110 Å². The van der Waals surface area contributed by atoms with Crippen molar-refractivity contribution in [3.05, 3.63) is 64.7 Å². The maximum atomic E-state index is 12.3. The third-order valence-electron chi connectivity index (χ3n) is 3.18. The van der Waals surface area contributed by atoms with Crippen LogP contribution in [0.25, 0.3) is 0 Å². The third kappa shape index (κ3) is 4.15. The molecule has 0 spiro atoms. The second-order valence-corrected chi connectivity index (χ2v) is 6.97. The van der Waals surface area contributed by atoms with E-state index in [-0.39, 0.29) is 17.1 Å². The molecule has 0 heterocycles. The molecule has 0 atom stereocenters. The van der Waals surface area contributed by atoms with Gasteiger partial charge in [-0.25, -0.2) is 8.42 Å². The quantitative estimate of drug-likeness (QED) is 0.632. The molecule has 0 saturated carbocycles. The zero-order valence-electron chi connectivity index (χ0n) is 12.7. The van der Waals surface area contributed by atoms with Crippen LogP contribution in [-0.2, 0) is 14.8 Å². The Morgan fingerprint density at radius 1 is 1.12 bits per heavy atom. The fourth-order valence-corrected chi connectivity index (χ4v) is 3.07. The number of carbonyl (C=O) groups excluding carboxylic acids is 1. The zero-order chi connectivity index (χ0) is 17.7. The summed E-state index contributed by atoms with van der Waals surface area (Å²) in [5.74, 6) is -0.550. The number of non-ortho nitro benzene ring substituents is 1. The van der Waals surface area contributed by atoms with E-state index >= 15 is 0 Å². The van der Waals surface area contributed by atoms with Crippen LogP contribution in [0.4, 0.5) is 11.4 Å². The first-order valence-electron chi connectivity index (χ1n) is 6.86. The molecular formula is C15H15N3O5S. The summed E-state index contributed by atoms with van der Waals surface area (Å²) in [6, 6.07) is 13.0. The molecule has 0 aliphatic heterocycles. The number of nitro benzene ring substituents is 1. The van der Waals surface area contributed by atoms with Crippen molar-refractivity contribution < 1.29 is 18.1 Å². The van der Waals surface area contributed by atoms with Gasteiger partial charge >= 0.3 is 0 Å². The average Bonchev–Trinajstić information content (AvgIpc) is 2.56. The molecule has 0 radical (unpaired) electrons. The Kier molecular flexibility index (Phi) is 5.27. The maximum absolute atomic E-state index is 12.3. The van der Waals surface area contributed by atoms with E-state index in [4.69, 9.17) is 0 Å². The molecule has 8 nitrogen and oxygen atoms in total. The number of nitrogens with zero attached hydrogens (tertiary/aromatic N) is 2. The number of rotatable bonds is 6. The normalized spacial score (nSPS) is 11.2. The molecule has 0 unspecified atom stereocenters. The van der Waals surface area contributed by atoms with E-state index in [0.717, 1.165) is 4.31 Å². The number of benzene rings is 2. The van der Waals surface area contributed by atoms with Crippen LogP contribution < -0.4 is 5.32 Å². The lowest BCUT2D eigenvalue weighted by atomic mass is 10.3. The monoisotopic (exact) mass is 349 g/mol. The van der Waals surface area contributed by atoms with Crippen molar-refractivity contribution in [3.8, 4) is 0 Å². The first-order valence-corrected chi connectivity index (χ1v) is 8.30. The predicted molar refractivity (Wildman–Crippen MR) is 88.0 cm³/mol. The van der Waals surface area contributed by atoms with Crippen molar-refractivity contribution in [1.82, 2.24) is 4.31 Å². The van der Waals surface area contributed by atoms with Crippen LogP contribution in [0.15, 0.2) is 59.5 Å². The molecule has 24 heavy (non-hydrogen) atoms. The number of amides is 1. The van der Waals surface area contributed by atoms with Gasteiger partial charge in [0, 0.05) is 24.9 Å². The highest BCUT2D eigenvalue weighted by Gasteiger charge is 2.22. The number of nitro groups is 1. The van der Waals surface area contributed by atoms with Gasteiger partial charge in [-0.2, -0.15) is 4.31 Å². The smallest absolute Gasteiger partial charge is 0.269 e. The molecule has 1 N–H and O–H groups in total. The number of sulfonamides is 1. The van der Waals surface area contributed by atoms with Crippen LogP contribution in [0.2, 0.25) is 0 Å². The first-order chi connectivity index (χ1) is 11.3. The van der Waals surface area contributed by atoms with Gasteiger partial charge in [0.05, 0.1) is 16.4 Å². The number of likely N-dealkylation sites (N-methyl/N-ethyl adjacent to an activating group) is 1. The summed E-state index contributed by atoms with van der Waals surface area (Å²) in [6.07, 6.45) is 0. The summed E-state index contributed by atoms with van der Waals surface area (Å²) in [4.78, 5) is 22.1. The number of hydrogen-bond donors (Lipinski definition) is 1. The van der Waals surface area contributed by atoms with Gasteiger partial charge in [0.2, 0.25) is 15.9 Å². The highest BCUT2D eigenvalue weighted by Crippen LogP contribution is 2.16. The van der Waals surface area contributed by atoms with Crippen LogP contribution in [0.1, 0.15) is 0 Å². The third-order valence-corrected chi connectivity index (χ3v) is 5.00. The molecule has 2 aromatic carbocycles. The van der Waals surface area contributed by atoms with E-state index < -0.39 is 20.9 Å². The number of hydrogen-bond acceptors (Lipinski definition) is 5. The highest BCUT2D eigenvalue weighted by atomic mass is 32.2. The van der Waals surface area contributed by atoms with Crippen molar-refractivity contribution in [2.75, 3.05) is 18.9 Å². The van der Waals surface area contributed by atoms with Gasteiger partial charge in [-0.15, -0.1) is 0 Å². The summed E-state index contributed by atoms with van der Waals surface area (Å²) in [5.41, 5.74) is 0.243. The Morgan fingerprint density at radius 2 is 1.71 bits per heavy atom. The number of nitrogens with one attached hydrogen (secondary N) is 1. The molecule has 0 aliphatic rings. The number of anilines is 1. The van der Waals surface area contributed by atoms with Crippen LogP contribution in [-0.4, -0.2) is 37.1 Å². The summed E-state index contributed by atoms with van der Waals surface area (Å²) < 4.78 is 25.6. The molecule has 0 aliphatic carbocycles. The molecule has 2 aromatic rings. The van der Waals surface area contributed by atoms with Crippen molar-refractivity contribution in [2.45, 2.75) is 4.90 Å². The van der Waals surface area contributed by atoms with E-state index in [1.807, 2.05) is 0 Å². The van der Waals surface area contributed by atoms with E-state index in [2.05, 4.69) is 5.32 Å². The van der Waals surface area contributed by atoms with E-state index in [1.54, 1.807) is 18.2 Å². The number of carbonyl (C=O) groups is 1. The summed E-state index contributed by atoms with van der Waals surface area (Å²) >= 11 is 0. The minimum Gasteiger partial charge on any atom is -0.325 e. The van der Waals surface area contributed by atoms with E-state index in [9.17, 15) is 23.3 Å². The molecule has 126 valence electrons. The fraction of sp³-hybridized carbons (Fsp3) is 0.133. The predicted octanol–water partition coefficient (Wildman–Crippen LogP) is 1.85. The molecule has 0 bridgehead atoms. The second kappa shape index (κ2) is 7.20. The lowest BCUT2D eigenvalue weighted by molar-refractivity contribution is -0.384. The van der Waals surface area contributed by atoms with Crippen molar-refractivity contribution in [1.29, 1.82) is 0 Å². The molecule has 0 aromatic heterocycles. The molecule has 1 amide bonds. The molecular weight excluding hydrogens is 334 g/mol. The Morgan fingerprint density at radius 3 is 2.25 bits per heavy atom. The lowest BCUT2D eigenvalue weighted by Crippen LogP contribution is -2.34. The fourth-order valence-electron chi connectivity index (χ4n) is 1.93. The van der Waals surface area contributed by atoms with E-state index in [0.29, 0.717) is 5.69 Å². The highest BCUT2D eigenvalue weighted by molar-refractivity contribution is 7.89. The van der Waals surface area contributed by atoms with Gasteiger partial charge < -0.3 is 5.32 Å². The van der Waals surface area contributed by atoms with Gasteiger partial charge in [-0.05, 0) is 24.3 Å². The minimum atomic E-state index is -3.76. The van der Waals surface area contributed by atoms with Gasteiger partial charge in [-0.1, -0.05) is 18.2 Å². The molecule has 0 saturated heterocycles. The Labute approximate surface area is 138 Å². The van der Waals surface area contributed by atoms with Crippen molar-refractivity contribution >= 4 is 27.3 Å². The first kappa shape index (κ1) is 17.6. The SMILES string of the molecule is CN(CC(=O)Nc1ccc([N+](=O)[O-])cc1)S(=O)(=O)c1ccccc1. The Balaban J connectivity index is 2.02. The molecule has 9 heteroatoms. The van der Waals surface area contributed by atoms with Gasteiger partial charge in [0.25, 0.3) is 5.69 Å². The van der Waals surface area contributed by atoms with Crippen LogP contribution >= 0.6 is 0 Å². The van der Waals surface area contributed by atoms with Crippen LogP contribution in [0, 0.1) is 10.1 Å². The maximum Gasteiger partial charge on any atom is 0.269 e. The van der Waals surface area contributed by atoms with Gasteiger partial charge in [0.15, 0.2) is 0 Å². The van der Waals surface area contributed by atoms with Crippen LogP contribution in [0.3, 0.4) is 0 Å². The lowest BCUT2D eigenvalue weighted by Gasteiger charge is -2.16. The Bertz CT molecular complexity index is 835. The molecule has 2 rings (SSSR count). The average molecular weight is 349 g/mol. The Hall–Kier alpha value is -2.78. The van der Waals surface area contributed by atoms with Gasteiger partial charge in [0.1, 0.15) is 0 Å². The van der Waals surface area contributed by atoms with E-state index in [1.165, 1.54) is 43.4 Å². The zero-order valence-corrected chi connectivity index (χ0v) is 13.6. The summed E-state index contributed by atoms with van der Waals surface area (Å²) in [5, 5.41) is 13.1. The van der Waals surface area contributed by atoms with Crippen LogP contribution in [0.5, 0.6) is 0 Å². The summed E-state index contributed by atoms with van der Waals surface area (Å²) in [7, 11) is -2.46. The van der Waals surface area contributed by atoms with Crippen molar-refractivity contribution in [2.24, 2.45) is 0 Å². The largest absolute Gasteiger partial charge is 0.325 e. The summed E-state index contributed by atoms with van der Waals surface area (Å²) in [6.45, 7) is -0.381. The van der Waals surface area contributed by atoms with Crippen molar-refractivity contribution in [3.63, 3.8) is 0 Å². The second-order valence-electron chi connectivity index (χ2n) is 4.93. The minimum absolute atomic E-state index is 0.0932. The van der Waals surface area contributed by atoms with Gasteiger partial charge in [-0.3, -0.25) is 14.9 Å².